The molecule has 0 bridgehead atoms. The van der Waals surface area contributed by atoms with Crippen molar-refractivity contribution >= 4 is 23.2 Å². The van der Waals surface area contributed by atoms with Gasteiger partial charge in [-0.25, -0.2) is 0 Å². The molecule has 1 aromatic carbocycles. The number of benzene rings is 1. The fraction of sp³-hybridized carbons (Fsp3) is 0.471. The first-order chi connectivity index (χ1) is 10.3. The summed E-state index contributed by atoms with van der Waals surface area (Å²) in [7, 11) is 1.56. The Morgan fingerprint density at radius 2 is 2.14 bits per heavy atom. The molecule has 1 N–H and O–H groups in total. The summed E-state index contributed by atoms with van der Waals surface area (Å²) in [4.78, 5) is 14.6. The van der Waals surface area contributed by atoms with Gasteiger partial charge in [0.2, 0.25) is 5.91 Å². The van der Waals surface area contributed by atoms with Crippen LogP contribution in [-0.2, 0) is 4.79 Å². The molecule has 0 fully saturated rings. The van der Waals surface area contributed by atoms with Crippen molar-refractivity contribution in [3.05, 3.63) is 34.9 Å². The number of nitrogens with zero attached hydrogens (tertiary/aromatic N) is 1. The molecule has 22 heavy (non-hydrogen) atoms. The summed E-state index contributed by atoms with van der Waals surface area (Å²) in [5.41, 5.74) is 2.55. The standard InChI is InChI=1S/C17H25ClN2O2/c1-7-20(10-11(2)3)13(5)17(21)19-15-8-12(4)14(18)9-16(15)22-6/h8-9,13H,2,7,10H2,1,3-6H3,(H,19,21). The summed E-state index contributed by atoms with van der Waals surface area (Å²) in [5.74, 6) is 0.474. The minimum atomic E-state index is -0.262. The molecular formula is C17H25ClN2O2. The molecular weight excluding hydrogens is 300 g/mol. The summed E-state index contributed by atoms with van der Waals surface area (Å²) in [6.07, 6.45) is 0. The number of ether oxygens (including phenoxy) is 1. The molecule has 0 saturated carbocycles. The third-order valence-electron chi connectivity index (χ3n) is 3.54. The zero-order valence-corrected chi connectivity index (χ0v) is 14.8. The first kappa shape index (κ1) is 18.5. The predicted octanol–water partition coefficient (Wildman–Crippen LogP) is 3.88. The number of nitrogens with one attached hydrogen (secondary N) is 1. The lowest BCUT2D eigenvalue weighted by Crippen LogP contribution is -2.42. The number of halogens is 1. The van der Waals surface area contributed by atoms with Gasteiger partial charge in [0.05, 0.1) is 18.8 Å². The van der Waals surface area contributed by atoms with Gasteiger partial charge in [-0.2, -0.15) is 0 Å². The molecule has 0 spiro atoms. The van der Waals surface area contributed by atoms with Crippen LogP contribution in [0.5, 0.6) is 5.75 Å². The number of carbonyl (C=O) groups is 1. The van der Waals surface area contributed by atoms with E-state index in [0.29, 0.717) is 23.0 Å². The van der Waals surface area contributed by atoms with Crippen LogP contribution in [0.3, 0.4) is 0 Å². The van der Waals surface area contributed by atoms with E-state index in [1.165, 1.54) is 0 Å². The summed E-state index contributed by atoms with van der Waals surface area (Å²) < 4.78 is 5.29. The Morgan fingerprint density at radius 1 is 1.50 bits per heavy atom. The van der Waals surface area contributed by atoms with Gasteiger partial charge in [-0.15, -0.1) is 0 Å². The van der Waals surface area contributed by atoms with Crippen LogP contribution in [0.4, 0.5) is 5.69 Å². The SMILES string of the molecule is C=C(C)CN(CC)C(C)C(=O)Nc1cc(C)c(Cl)cc1OC. The van der Waals surface area contributed by atoms with Crippen LogP contribution in [0.15, 0.2) is 24.3 Å². The fourth-order valence-corrected chi connectivity index (χ4v) is 2.36. The minimum Gasteiger partial charge on any atom is -0.495 e. The van der Waals surface area contributed by atoms with E-state index in [4.69, 9.17) is 16.3 Å². The number of aryl methyl sites for hydroxylation is 1. The number of likely N-dealkylation sites (N-methyl/N-ethyl adjacent to an activating group) is 1. The van der Waals surface area contributed by atoms with Gasteiger partial charge in [-0.3, -0.25) is 9.69 Å². The van der Waals surface area contributed by atoms with Crippen molar-refractivity contribution in [3.63, 3.8) is 0 Å². The van der Waals surface area contributed by atoms with Crippen molar-refractivity contribution in [1.82, 2.24) is 4.90 Å². The van der Waals surface area contributed by atoms with E-state index in [9.17, 15) is 4.79 Å². The first-order valence-electron chi connectivity index (χ1n) is 7.33. The summed E-state index contributed by atoms with van der Waals surface area (Å²) in [6.45, 7) is 13.1. The number of methoxy groups -OCH3 is 1. The number of rotatable bonds is 7. The number of amides is 1. The van der Waals surface area contributed by atoms with Crippen molar-refractivity contribution in [1.29, 1.82) is 0 Å². The highest BCUT2D eigenvalue weighted by Gasteiger charge is 2.21. The molecule has 0 radical (unpaired) electrons. The quantitative estimate of drug-likeness (QED) is 0.774. The number of hydrogen-bond donors (Lipinski definition) is 1. The van der Waals surface area contributed by atoms with E-state index in [-0.39, 0.29) is 11.9 Å². The van der Waals surface area contributed by atoms with E-state index in [0.717, 1.165) is 17.7 Å². The van der Waals surface area contributed by atoms with Crippen LogP contribution in [0.25, 0.3) is 0 Å². The number of anilines is 1. The van der Waals surface area contributed by atoms with Gasteiger partial charge in [-0.05, 0) is 38.9 Å². The lowest BCUT2D eigenvalue weighted by molar-refractivity contribution is -0.120. The average molecular weight is 325 g/mol. The molecule has 0 heterocycles. The van der Waals surface area contributed by atoms with Crippen molar-refractivity contribution in [2.75, 3.05) is 25.5 Å². The maximum absolute atomic E-state index is 12.5. The van der Waals surface area contributed by atoms with Crippen LogP contribution >= 0.6 is 11.6 Å². The van der Waals surface area contributed by atoms with E-state index >= 15 is 0 Å². The molecule has 122 valence electrons. The van der Waals surface area contributed by atoms with Crippen molar-refractivity contribution in [2.45, 2.75) is 33.7 Å². The predicted molar refractivity (Wildman–Crippen MR) is 92.9 cm³/mol. The second-order valence-electron chi connectivity index (χ2n) is 5.49. The number of hydrogen-bond acceptors (Lipinski definition) is 3. The molecule has 0 aliphatic rings. The third-order valence-corrected chi connectivity index (χ3v) is 3.95. The molecule has 0 aliphatic heterocycles. The van der Waals surface area contributed by atoms with Crippen LogP contribution < -0.4 is 10.1 Å². The molecule has 0 saturated heterocycles. The Labute approximate surface area is 138 Å². The lowest BCUT2D eigenvalue weighted by atomic mass is 10.1. The minimum absolute atomic E-state index is 0.0804. The molecule has 1 unspecified atom stereocenters. The largest absolute Gasteiger partial charge is 0.495 e. The van der Waals surface area contributed by atoms with Crippen molar-refractivity contribution in [2.24, 2.45) is 0 Å². The molecule has 1 rings (SSSR count). The van der Waals surface area contributed by atoms with Gasteiger partial charge < -0.3 is 10.1 Å². The van der Waals surface area contributed by atoms with Crippen molar-refractivity contribution < 1.29 is 9.53 Å². The molecule has 0 aromatic heterocycles. The van der Waals surface area contributed by atoms with Crippen LogP contribution in [0.2, 0.25) is 5.02 Å². The Morgan fingerprint density at radius 3 is 2.64 bits per heavy atom. The lowest BCUT2D eigenvalue weighted by Gasteiger charge is -2.27. The Balaban J connectivity index is 2.92. The highest BCUT2D eigenvalue weighted by molar-refractivity contribution is 6.31. The van der Waals surface area contributed by atoms with Crippen LogP contribution in [-0.4, -0.2) is 37.0 Å². The molecule has 4 nitrogen and oxygen atoms in total. The summed E-state index contributed by atoms with van der Waals surface area (Å²) in [6, 6.07) is 3.27. The molecule has 0 aliphatic carbocycles. The van der Waals surface area contributed by atoms with E-state index in [1.807, 2.05) is 33.8 Å². The molecule has 1 amide bonds. The number of carbonyl (C=O) groups excluding carboxylic acids is 1. The second-order valence-corrected chi connectivity index (χ2v) is 5.89. The smallest absolute Gasteiger partial charge is 0.241 e. The Bertz CT molecular complexity index is 558. The molecule has 5 heteroatoms. The van der Waals surface area contributed by atoms with Crippen molar-refractivity contribution in [3.8, 4) is 5.75 Å². The Hall–Kier alpha value is -1.52. The highest BCUT2D eigenvalue weighted by atomic mass is 35.5. The van der Waals surface area contributed by atoms with E-state index < -0.39 is 0 Å². The van der Waals surface area contributed by atoms with Gasteiger partial charge in [0, 0.05) is 17.6 Å². The molecule has 1 aromatic rings. The van der Waals surface area contributed by atoms with Crippen LogP contribution in [0.1, 0.15) is 26.3 Å². The maximum atomic E-state index is 12.5. The molecule has 1 atom stereocenters. The van der Waals surface area contributed by atoms with Gasteiger partial charge in [0.15, 0.2) is 0 Å². The zero-order valence-electron chi connectivity index (χ0n) is 14.0. The van der Waals surface area contributed by atoms with Gasteiger partial charge >= 0.3 is 0 Å². The fourth-order valence-electron chi connectivity index (χ4n) is 2.20. The van der Waals surface area contributed by atoms with Gasteiger partial charge in [-0.1, -0.05) is 30.7 Å². The Kier molecular flexibility index (Phi) is 6.91. The zero-order chi connectivity index (χ0) is 16.9. The third kappa shape index (κ3) is 4.75. The van der Waals surface area contributed by atoms with E-state index in [2.05, 4.69) is 16.8 Å². The van der Waals surface area contributed by atoms with Crippen LogP contribution in [0, 0.1) is 6.92 Å². The van der Waals surface area contributed by atoms with Gasteiger partial charge in [0.1, 0.15) is 5.75 Å². The topological polar surface area (TPSA) is 41.6 Å². The first-order valence-corrected chi connectivity index (χ1v) is 7.71. The van der Waals surface area contributed by atoms with Gasteiger partial charge in [0.25, 0.3) is 0 Å². The maximum Gasteiger partial charge on any atom is 0.241 e. The highest BCUT2D eigenvalue weighted by Crippen LogP contribution is 2.31. The summed E-state index contributed by atoms with van der Waals surface area (Å²) in [5, 5.41) is 3.53. The summed E-state index contributed by atoms with van der Waals surface area (Å²) >= 11 is 6.08. The monoisotopic (exact) mass is 324 g/mol. The van der Waals surface area contributed by atoms with E-state index in [1.54, 1.807) is 13.2 Å². The normalized spacial score (nSPS) is 12.1. The average Bonchev–Trinajstić information content (AvgIpc) is 2.47. The second kappa shape index (κ2) is 8.20.